The summed E-state index contributed by atoms with van der Waals surface area (Å²) in [6.45, 7) is 13.0. The minimum absolute atomic E-state index is 0.0250. The van der Waals surface area contributed by atoms with Crippen LogP contribution in [0.2, 0.25) is 0 Å². The molecule has 1 aliphatic heterocycles. The van der Waals surface area contributed by atoms with Crippen LogP contribution in [0.4, 0.5) is 0 Å². The SMILES string of the molecule is CCCCN(CCC(=O)N1CCNCC1)C(=O)c1ccc(C(C)(C)C)cc1. The Morgan fingerprint density at radius 2 is 1.70 bits per heavy atom. The quantitative estimate of drug-likeness (QED) is 0.799. The number of piperazine rings is 1. The number of hydrogen-bond acceptors (Lipinski definition) is 3. The summed E-state index contributed by atoms with van der Waals surface area (Å²) in [7, 11) is 0. The van der Waals surface area contributed by atoms with Crippen LogP contribution in [0.3, 0.4) is 0 Å². The predicted molar refractivity (Wildman–Crippen MR) is 110 cm³/mol. The molecular weight excluding hydrogens is 338 g/mol. The normalized spacial score (nSPS) is 14.9. The first-order valence-electron chi connectivity index (χ1n) is 10.2. The zero-order valence-electron chi connectivity index (χ0n) is 17.4. The third-order valence-electron chi connectivity index (χ3n) is 5.13. The molecule has 1 aromatic carbocycles. The van der Waals surface area contributed by atoms with Gasteiger partial charge >= 0.3 is 0 Å². The average Bonchev–Trinajstić information content (AvgIpc) is 2.67. The second-order valence-corrected chi connectivity index (χ2v) is 8.35. The number of unbranched alkanes of at least 4 members (excludes halogenated alkanes) is 1. The van der Waals surface area contributed by atoms with Gasteiger partial charge in [-0.05, 0) is 29.5 Å². The summed E-state index contributed by atoms with van der Waals surface area (Å²) < 4.78 is 0. The summed E-state index contributed by atoms with van der Waals surface area (Å²) in [6, 6.07) is 7.91. The Kier molecular flexibility index (Phi) is 7.84. The van der Waals surface area contributed by atoms with E-state index in [1.54, 1.807) is 0 Å². The third-order valence-corrected chi connectivity index (χ3v) is 5.13. The highest BCUT2D eigenvalue weighted by Gasteiger charge is 2.21. The second-order valence-electron chi connectivity index (χ2n) is 8.35. The van der Waals surface area contributed by atoms with E-state index in [1.165, 1.54) is 5.56 Å². The van der Waals surface area contributed by atoms with Crippen LogP contribution in [0.1, 0.15) is 62.9 Å². The van der Waals surface area contributed by atoms with Crippen LogP contribution in [0.5, 0.6) is 0 Å². The van der Waals surface area contributed by atoms with E-state index in [2.05, 4.69) is 33.0 Å². The molecule has 27 heavy (non-hydrogen) atoms. The first kappa shape index (κ1) is 21.4. The number of amides is 2. The summed E-state index contributed by atoms with van der Waals surface area (Å²) >= 11 is 0. The van der Waals surface area contributed by atoms with Crippen molar-refractivity contribution in [2.24, 2.45) is 0 Å². The molecule has 5 heteroatoms. The molecule has 1 heterocycles. The highest BCUT2D eigenvalue weighted by Crippen LogP contribution is 2.22. The lowest BCUT2D eigenvalue weighted by Gasteiger charge is -2.29. The smallest absolute Gasteiger partial charge is 0.253 e. The summed E-state index contributed by atoms with van der Waals surface area (Å²) in [4.78, 5) is 29.2. The van der Waals surface area contributed by atoms with Gasteiger partial charge in [-0.15, -0.1) is 0 Å². The molecule has 0 radical (unpaired) electrons. The minimum Gasteiger partial charge on any atom is -0.340 e. The molecule has 1 fully saturated rings. The Morgan fingerprint density at radius 3 is 2.26 bits per heavy atom. The molecule has 0 aromatic heterocycles. The van der Waals surface area contributed by atoms with E-state index < -0.39 is 0 Å². The molecule has 0 unspecified atom stereocenters. The lowest BCUT2D eigenvalue weighted by atomic mass is 9.86. The van der Waals surface area contributed by atoms with Crippen molar-refractivity contribution >= 4 is 11.8 Å². The molecule has 1 saturated heterocycles. The zero-order chi connectivity index (χ0) is 19.9. The molecule has 0 aliphatic carbocycles. The van der Waals surface area contributed by atoms with Gasteiger partial charge in [0.1, 0.15) is 0 Å². The monoisotopic (exact) mass is 373 g/mol. The maximum atomic E-state index is 13.0. The van der Waals surface area contributed by atoms with E-state index in [9.17, 15) is 9.59 Å². The highest BCUT2D eigenvalue weighted by atomic mass is 16.2. The average molecular weight is 374 g/mol. The molecule has 2 rings (SSSR count). The van der Waals surface area contributed by atoms with E-state index >= 15 is 0 Å². The summed E-state index contributed by atoms with van der Waals surface area (Å²) in [5.74, 6) is 0.172. The number of nitrogens with zero attached hydrogens (tertiary/aromatic N) is 2. The van der Waals surface area contributed by atoms with Gasteiger partial charge in [-0.1, -0.05) is 46.2 Å². The first-order chi connectivity index (χ1) is 12.8. The molecule has 1 aromatic rings. The lowest BCUT2D eigenvalue weighted by molar-refractivity contribution is -0.131. The van der Waals surface area contributed by atoms with Gasteiger partial charge < -0.3 is 15.1 Å². The van der Waals surface area contributed by atoms with Crippen molar-refractivity contribution in [2.45, 2.75) is 52.4 Å². The Bertz CT molecular complexity index is 613. The van der Waals surface area contributed by atoms with Gasteiger partial charge in [-0.3, -0.25) is 9.59 Å². The van der Waals surface area contributed by atoms with Crippen molar-refractivity contribution in [2.75, 3.05) is 39.3 Å². The van der Waals surface area contributed by atoms with Crippen LogP contribution in [-0.2, 0) is 10.2 Å². The molecule has 1 N–H and O–H groups in total. The fourth-order valence-corrected chi connectivity index (χ4v) is 3.26. The van der Waals surface area contributed by atoms with Crippen molar-refractivity contribution in [1.82, 2.24) is 15.1 Å². The van der Waals surface area contributed by atoms with Crippen molar-refractivity contribution < 1.29 is 9.59 Å². The number of hydrogen-bond donors (Lipinski definition) is 1. The van der Waals surface area contributed by atoms with Crippen LogP contribution in [0, 0.1) is 0 Å². The van der Waals surface area contributed by atoms with Crippen molar-refractivity contribution in [3.63, 3.8) is 0 Å². The van der Waals surface area contributed by atoms with E-state index in [0.29, 0.717) is 25.1 Å². The van der Waals surface area contributed by atoms with E-state index in [4.69, 9.17) is 0 Å². The zero-order valence-corrected chi connectivity index (χ0v) is 17.4. The van der Waals surface area contributed by atoms with Gasteiger partial charge in [0, 0.05) is 51.3 Å². The molecule has 2 amide bonds. The van der Waals surface area contributed by atoms with Crippen molar-refractivity contribution in [3.05, 3.63) is 35.4 Å². The van der Waals surface area contributed by atoms with Crippen LogP contribution in [0.15, 0.2) is 24.3 Å². The molecule has 150 valence electrons. The number of carbonyl (C=O) groups is 2. The predicted octanol–water partition coefficient (Wildman–Crippen LogP) is 3.05. The molecule has 0 bridgehead atoms. The van der Waals surface area contributed by atoms with E-state index in [1.807, 2.05) is 34.1 Å². The number of nitrogens with one attached hydrogen (secondary N) is 1. The van der Waals surface area contributed by atoms with Gasteiger partial charge in [0.2, 0.25) is 5.91 Å². The molecule has 0 spiro atoms. The van der Waals surface area contributed by atoms with Crippen LogP contribution in [-0.4, -0.2) is 60.9 Å². The van der Waals surface area contributed by atoms with Crippen molar-refractivity contribution in [3.8, 4) is 0 Å². The fraction of sp³-hybridized carbons (Fsp3) is 0.636. The Hall–Kier alpha value is -1.88. The van der Waals surface area contributed by atoms with Gasteiger partial charge in [0.05, 0.1) is 0 Å². The van der Waals surface area contributed by atoms with Crippen molar-refractivity contribution in [1.29, 1.82) is 0 Å². The summed E-state index contributed by atoms with van der Waals surface area (Å²) in [6.07, 6.45) is 2.38. The Balaban J connectivity index is 2.01. The standard InChI is InChI=1S/C22H35N3O2/c1-5-6-14-25(15-11-20(26)24-16-12-23-13-17-24)21(27)18-7-9-19(10-8-18)22(2,3)4/h7-10,23H,5-6,11-17H2,1-4H3. The maximum absolute atomic E-state index is 13.0. The molecule has 0 saturated carbocycles. The molecule has 1 aliphatic rings. The minimum atomic E-state index is 0.0250. The Morgan fingerprint density at radius 1 is 1.07 bits per heavy atom. The van der Waals surface area contributed by atoms with Crippen LogP contribution in [0.25, 0.3) is 0 Å². The second kappa shape index (κ2) is 9.88. The summed E-state index contributed by atoms with van der Waals surface area (Å²) in [5.41, 5.74) is 1.99. The molecular formula is C22H35N3O2. The fourth-order valence-electron chi connectivity index (χ4n) is 3.26. The van der Waals surface area contributed by atoms with Gasteiger partial charge in [0.15, 0.2) is 0 Å². The third kappa shape index (κ3) is 6.35. The maximum Gasteiger partial charge on any atom is 0.253 e. The first-order valence-corrected chi connectivity index (χ1v) is 10.2. The summed E-state index contributed by atoms with van der Waals surface area (Å²) in [5, 5.41) is 3.26. The largest absolute Gasteiger partial charge is 0.340 e. The van der Waals surface area contributed by atoms with Gasteiger partial charge in [-0.25, -0.2) is 0 Å². The van der Waals surface area contributed by atoms with E-state index in [-0.39, 0.29) is 17.2 Å². The highest BCUT2D eigenvalue weighted by molar-refractivity contribution is 5.94. The topological polar surface area (TPSA) is 52.7 Å². The van der Waals surface area contributed by atoms with Crippen LogP contribution >= 0.6 is 0 Å². The van der Waals surface area contributed by atoms with Crippen LogP contribution < -0.4 is 5.32 Å². The number of benzene rings is 1. The van der Waals surface area contributed by atoms with E-state index in [0.717, 1.165) is 39.0 Å². The number of carbonyl (C=O) groups excluding carboxylic acids is 2. The molecule has 5 nitrogen and oxygen atoms in total. The molecule has 0 atom stereocenters. The lowest BCUT2D eigenvalue weighted by Crippen LogP contribution is -2.47. The number of rotatable bonds is 7. The van der Waals surface area contributed by atoms with Gasteiger partial charge in [-0.2, -0.15) is 0 Å². The van der Waals surface area contributed by atoms with Gasteiger partial charge in [0.25, 0.3) is 5.91 Å². The Labute approximate surface area is 164 Å².